The van der Waals surface area contributed by atoms with Gasteiger partial charge in [0.1, 0.15) is 5.69 Å². The number of aliphatic hydroxyl groups is 1. The Morgan fingerprint density at radius 1 is 1.56 bits per heavy atom. The Kier molecular flexibility index (Phi) is 5.19. The van der Waals surface area contributed by atoms with Crippen LogP contribution in [-0.4, -0.2) is 41.3 Å². The largest absolute Gasteiger partial charge is 0.391 e. The molecule has 1 aliphatic heterocycles. The molecular formula is C12H20ClN3O2. The molecule has 18 heavy (non-hydrogen) atoms. The highest BCUT2D eigenvalue weighted by Gasteiger charge is 2.25. The van der Waals surface area contributed by atoms with Gasteiger partial charge >= 0.3 is 0 Å². The summed E-state index contributed by atoms with van der Waals surface area (Å²) in [6.45, 7) is 3.84. The number of hydrogen-bond acceptors (Lipinski definition) is 3. The Bertz CT molecular complexity index is 419. The zero-order valence-corrected chi connectivity index (χ0v) is 11.5. The first-order chi connectivity index (χ1) is 8.09. The first kappa shape index (κ1) is 15.0. The number of aliphatic hydroxyl groups excluding tert-OH is 1. The molecule has 0 spiro atoms. The second-order valence-corrected chi connectivity index (χ2v) is 4.61. The highest BCUT2D eigenvalue weighted by atomic mass is 35.5. The maximum absolute atomic E-state index is 11.9. The summed E-state index contributed by atoms with van der Waals surface area (Å²) in [5.41, 5.74) is 1.71. The number of nitrogens with one attached hydrogen (secondary N) is 2. The fourth-order valence-corrected chi connectivity index (χ4v) is 2.08. The van der Waals surface area contributed by atoms with Gasteiger partial charge < -0.3 is 20.3 Å². The van der Waals surface area contributed by atoms with Crippen molar-refractivity contribution in [1.29, 1.82) is 0 Å². The number of carbonyl (C=O) groups excluding carboxylic acids is 1. The lowest BCUT2D eigenvalue weighted by Crippen LogP contribution is -2.35. The number of β-amino-alcohol motifs (C(OH)–C–C–N with tert-alkyl or cyclic N) is 1. The molecule has 1 amide bonds. The molecule has 1 fully saturated rings. The van der Waals surface area contributed by atoms with E-state index in [4.69, 9.17) is 0 Å². The fraction of sp³-hybridized carbons (Fsp3) is 0.583. The molecule has 1 aromatic heterocycles. The third-order valence-electron chi connectivity index (χ3n) is 3.43. The molecule has 0 saturated carbocycles. The number of halogens is 1. The van der Waals surface area contributed by atoms with E-state index in [-0.39, 0.29) is 30.3 Å². The maximum Gasteiger partial charge on any atom is 0.267 e. The molecule has 5 nitrogen and oxygen atoms in total. The Morgan fingerprint density at radius 2 is 2.28 bits per heavy atom. The van der Waals surface area contributed by atoms with Gasteiger partial charge in [-0.25, -0.2) is 0 Å². The van der Waals surface area contributed by atoms with E-state index < -0.39 is 0 Å². The molecule has 0 aromatic carbocycles. The third-order valence-corrected chi connectivity index (χ3v) is 3.43. The van der Waals surface area contributed by atoms with Crippen LogP contribution in [0.3, 0.4) is 0 Å². The minimum absolute atomic E-state index is 0. The van der Waals surface area contributed by atoms with Crippen molar-refractivity contribution in [1.82, 2.24) is 15.2 Å². The summed E-state index contributed by atoms with van der Waals surface area (Å²) in [7, 11) is 1.87. The molecule has 2 atom stereocenters. The van der Waals surface area contributed by atoms with Gasteiger partial charge in [0.25, 0.3) is 5.91 Å². The lowest BCUT2D eigenvalue weighted by molar-refractivity contribution is 0.0919. The van der Waals surface area contributed by atoms with Crippen molar-refractivity contribution in [2.24, 2.45) is 13.0 Å². The number of amides is 1. The monoisotopic (exact) mass is 273 g/mol. The summed E-state index contributed by atoms with van der Waals surface area (Å²) < 4.78 is 1.86. The lowest BCUT2D eigenvalue weighted by Gasteiger charge is -2.14. The van der Waals surface area contributed by atoms with E-state index in [0.717, 1.165) is 12.2 Å². The predicted molar refractivity (Wildman–Crippen MR) is 72.1 cm³/mol. The first-order valence-electron chi connectivity index (χ1n) is 5.89. The second-order valence-electron chi connectivity index (χ2n) is 4.61. The quantitative estimate of drug-likeness (QED) is 0.730. The summed E-state index contributed by atoms with van der Waals surface area (Å²) >= 11 is 0. The minimum atomic E-state index is -0.356. The highest BCUT2D eigenvalue weighted by molar-refractivity contribution is 5.92. The first-order valence-corrected chi connectivity index (χ1v) is 5.89. The number of hydrogen-bond donors (Lipinski definition) is 3. The van der Waals surface area contributed by atoms with Crippen molar-refractivity contribution >= 4 is 18.3 Å². The summed E-state index contributed by atoms with van der Waals surface area (Å²) in [6, 6.07) is 3.73. The molecule has 0 bridgehead atoms. The molecule has 1 aromatic rings. The van der Waals surface area contributed by atoms with Gasteiger partial charge in [0.2, 0.25) is 0 Å². The van der Waals surface area contributed by atoms with Crippen molar-refractivity contribution in [2.45, 2.75) is 13.0 Å². The van der Waals surface area contributed by atoms with E-state index in [9.17, 15) is 9.90 Å². The van der Waals surface area contributed by atoms with Crippen LogP contribution in [-0.2, 0) is 7.05 Å². The Hall–Kier alpha value is -1.04. The molecule has 2 heterocycles. The van der Waals surface area contributed by atoms with Crippen LogP contribution in [0.5, 0.6) is 0 Å². The average Bonchev–Trinajstić information content (AvgIpc) is 2.84. The second kappa shape index (κ2) is 6.22. The SMILES string of the molecule is Cc1ccc(C(=O)NCC2CNCC2O)n1C.Cl. The van der Waals surface area contributed by atoms with E-state index in [1.165, 1.54) is 0 Å². The highest BCUT2D eigenvalue weighted by Crippen LogP contribution is 2.09. The zero-order chi connectivity index (χ0) is 12.4. The van der Waals surface area contributed by atoms with Crippen LogP contribution in [0.25, 0.3) is 0 Å². The van der Waals surface area contributed by atoms with Crippen LogP contribution in [0.2, 0.25) is 0 Å². The number of aromatic nitrogens is 1. The van der Waals surface area contributed by atoms with E-state index >= 15 is 0 Å². The Balaban J connectivity index is 0.00000162. The third kappa shape index (κ3) is 3.04. The molecule has 2 unspecified atom stereocenters. The summed E-state index contributed by atoms with van der Waals surface area (Å²) in [6.07, 6.45) is -0.356. The van der Waals surface area contributed by atoms with Gasteiger partial charge in [-0.05, 0) is 19.1 Å². The van der Waals surface area contributed by atoms with Crippen LogP contribution in [0, 0.1) is 12.8 Å². The van der Waals surface area contributed by atoms with Crippen molar-refractivity contribution in [3.8, 4) is 0 Å². The summed E-state index contributed by atoms with van der Waals surface area (Å²) in [5, 5.41) is 15.6. The fourth-order valence-electron chi connectivity index (χ4n) is 2.08. The van der Waals surface area contributed by atoms with Gasteiger partial charge in [-0.1, -0.05) is 0 Å². The smallest absolute Gasteiger partial charge is 0.267 e. The zero-order valence-electron chi connectivity index (χ0n) is 10.6. The average molecular weight is 274 g/mol. The molecule has 2 rings (SSSR count). The van der Waals surface area contributed by atoms with Crippen LogP contribution < -0.4 is 10.6 Å². The summed E-state index contributed by atoms with van der Waals surface area (Å²) in [4.78, 5) is 11.9. The van der Waals surface area contributed by atoms with E-state index in [0.29, 0.717) is 18.8 Å². The minimum Gasteiger partial charge on any atom is -0.391 e. The Morgan fingerprint density at radius 3 is 2.78 bits per heavy atom. The molecule has 0 aliphatic carbocycles. The number of carbonyl (C=O) groups is 1. The maximum atomic E-state index is 11.9. The molecular weight excluding hydrogens is 254 g/mol. The van der Waals surface area contributed by atoms with Crippen molar-refractivity contribution in [3.05, 3.63) is 23.5 Å². The number of rotatable bonds is 3. The standard InChI is InChI=1S/C12H19N3O2.ClH/c1-8-3-4-10(15(8)2)12(17)14-6-9-5-13-7-11(9)16;/h3-4,9,11,13,16H,5-7H2,1-2H3,(H,14,17);1H. The van der Waals surface area contributed by atoms with Gasteiger partial charge in [0, 0.05) is 38.3 Å². The van der Waals surface area contributed by atoms with Crippen molar-refractivity contribution < 1.29 is 9.90 Å². The number of aryl methyl sites for hydroxylation is 1. The molecule has 1 aliphatic rings. The van der Waals surface area contributed by atoms with E-state index in [1.807, 2.05) is 30.7 Å². The van der Waals surface area contributed by atoms with Crippen molar-refractivity contribution in [2.75, 3.05) is 19.6 Å². The van der Waals surface area contributed by atoms with Crippen molar-refractivity contribution in [3.63, 3.8) is 0 Å². The normalized spacial score (nSPS) is 22.6. The molecule has 1 saturated heterocycles. The van der Waals surface area contributed by atoms with E-state index in [2.05, 4.69) is 10.6 Å². The Labute approximate surface area is 113 Å². The summed E-state index contributed by atoms with van der Waals surface area (Å²) in [5.74, 6) is 0.0278. The molecule has 6 heteroatoms. The van der Waals surface area contributed by atoms with Gasteiger partial charge in [-0.2, -0.15) is 0 Å². The lowest BCUT2D eigenvalue weighted by atomic mass is 10.1. The van der Waals surface area contributed by atoms with E-state index in [1.54, 1.807) is 0 Å². The van der Waals surface area contributed by atoms with Crippen LogP contribution >= 0.6 is 12.4 Å². The molecule has 3 N–H and O–H groups in total. The molecule has 102 valence electrons. The van der Waals surface area contributed by atoms with Crippen LogP contribution in [0.15, 0.2) is 12.1 Å². The number of nitrogens with zero attached hydrogens (tertiary/aromatic N) is 1. The predicted octanol–water partition coefficient (Wildman–Crippen LogP) is 0.0654. The van der Waals surface area contributed by atoms with Crippen LogP contribution in [0.1, 0.15) is 16.2 Å². The van der Waals surface area contributed by atoms with Crippen LogP contribution in [0.4, 0.5) is 0 Å². The topological polar surface area (TPSA) is 66.3 Å². The van der Waals surface area contributed by atoms with Gasteiger partial charge in [0.05, 0.1) is 6.10 Å². The van der Waals surface area contributed by atoms with Gasteiger partial charge in [-0.15, -0.1) is 12.4 Å². The molecule has 0 radical (unpaired) electrons. The van der Waals surface area contributed by atoms with Gasteiger partial charge in [-0.3, -0.25) is 4.79 Å². The van der Waals surface area contributed by atoms with Gasteiger partial charge in [0.15, 0.2) is 0 Å².